The SMILES string of the molecule is COC(=O)c1cnc(N2CCC(CN(C(=O)OC(C)(C)C)[C@H]3C[C@@H]3c3ccc(F)cc3)CC2)nc1. The van der Waals surface area contributed by atoms with Crippen molar-refractivity contribution in [3.05, 3.63) is 53.6 Å². The van der Waals surface area contributed by atoms with E-state index in [0.717, 1.165) is 37.9 Å². The number of anilines is 1. The van der Waals surface area contributed by atoms with Crippen LogP contribution in [0.2, 0.25) is 0 Å². The summed E-state index contributed by atoms with van der Waals surface area (Å²) in [6.07, 6.45) is 5.28. The standard InChI is InChI=1S/C26H33FN4O4/c1-26(2,3)35-25(33)31(22-13-21(22)18-5-7-20(27)8-6-18)16-17-9-11-30(12-10-17)24-28-14-19(15-29-24)23(32)34-4/h5-8,14-15,17,21-22H,9-13,16H2,1-4H3/t21-,22+/m1/s1. The lowest BCUT2D eigenvalue weighted by atomic mass is 9.96. The Morgan fingerprint density at radius 1 is 1.11 bits per heavy atom. The molecule has 8 nitrogen and oxygen atoms in total. The van der Waals surface area contributed by atoms with E-state index in [1.165, 1.54) is 31.6 Å². The van der Waals surface area contributed by atoms with Crippen LogP contribution in [0.4, 0.5) is 15.1 Å². The van der Waals surface area contributed by atoms with Crippen LogP contribution in [0.3, 0.4) is 0 Å². The summed E-state index contributed by atoms with van der Waals surface area (Å²) < 4.78 is 23.8. The summed E-state index contributed by atoms with van der Waals surface area (Å²) in [5.41, 5.74) is 0.791. The van der Waals surface area contributed by atoms with Gasteiger partial charge < -0.3 is 19.3 Å². The fourth-order valence-corrected chi connectivity index (χ4v) is 4.56. The molecule has 0 radical (unpaired) electrons. The lowest BCUT2D eigenvalue weighted by molar-refractivity contribution is 0.0190. The Morgan fingerprint density at radius 2 is 1.74 bits per heavy atom. The maximum atomic E-state index is 13.4. The number of hydrogen-bond donors (Lipinski definition) is 0. The molecule has 2 aliphatic rings. The molecule has 35 heavy (non-hydrogen) atoms. The van der Waals surface area contributed by atoms with Gasteiger partial charge in [-0.1, -0.05) is 12.1 Å². The minimum Gasteiger partial charge on any atom is -0.465 e. The molecule has 2 atom stereocenters. The number of esters is 1. The van der Waals surface area contributed by atoms with Crippen molar-refractivity contribution in [2.24, 2.45) is 5.92 Å². The van der Waals surface area contributed by atoms with Crippen molar-refractivity contribution in [2.45, 2.75) is 57.6 Å². The first-order chi connectivity index (χ1) is 16.6. The second-order valence-electron chi connectivity index (χ2n) is 10.3. The van der Waals surface area contributed by atoms with Crippen molar-refractivity contribution >= 4 is 18.0 Å². The normalized spacial score (nSPS) is 20.3. The van der Waals surface area contributed by atoms with Crippen molar-refractivity contribution in [1.82, 2.24) is 14.9 Å². The monoisotopic (exact) mass is 484 g/mol. The van der Waals surface area contributed by atoms with Gasteiger partial charge in [0.05, 0.1) is 12.7 Å². The van der Waals surface area contributed by atoms with Gasteiger partial charge in [0.1, 0.15) is 11.4 Å². The molecule has 2 heterocycles. The first-order valence-electron chi connectivity index (χ1n) is 12.0. The number of amides is 1. The van der Waals surface area contributed by atoms with Gasteiger partial charge in [-0.2, -0.15) is 0 Å². The number of ether oxygens (including phenoxy) is 2. The molecule has 1 aromatic carbocycles. The Labute approximate surface area is 205 Å². The van der Waals surface area contributed by atoms with E-state index in [-0.39, 0.29) is 23.9 Å². The fourth-order valence-electron chi connectivity index (χ4n) is 4.56. The molecule has 1 aliphatic carbocycles. The molecule has 1 aliphatic heterocycles. The van der Waals surface area contributed by atoms with Gasteiger partial charge in [0.15, 0.2) is 0 Å². The smallest absolute Gasteiger partial charge is 0.410 e. The zero-order chi connectivity index (χ0) is 25.2. The predicted molar refractivity (Wildman–Crippen MR) is 129 cm³/mol. The van der Waals surface area contributed by atoms with Gasteiger partial charge in [0.25, 0.3) is 0 Å². The molecule has 2 fully saturated rings. The molecule has 0 N–H and O–H groups in total. The zero-order valence-electron chi connectivity index (χ0n) is 20.7. The molecule has 1 saturated heterocycles. The van der Waals surface area contributed by atoms with Crippen molar-refractivity contribution in [1.29, 1.82) is 0 Å². The lowest BCUT2D eigenvalue weighted by Crippen LogP contribution is -2.44. The van der Waals surface area contributed by atoms with Gasteiger partial charge in [0, 0.05) is 44.0 Å². The summed E-state index contributed by atoms with van der Waals surface area (Å²) in [4.78, 5) is 37.3. The lowest BCUT2D eigenvalue weighted by Gasteiger charge is -2.35. The number of rotatable bonds is 6. The maximum absolute atomic E-state index is 13.4. The van der Waals surface area contributed by atoms with Gasteiger partial charge in [-0.25, -0.2) is 23.9 Å². The second kappa shape index (κ2) is 10.2. The van der Waals surface area contributed by atoms with E-state index in [2.05, 4.69) is 14.9 Å². The number of carbonyl (C=O) groups is 2. The summed E-state index contributed by atoms with van der Waals surface area (Å²) in [5, 5.41) is 0. The average molecular weight is 485 g/mol. The third kappa shape index (κ3) is 6.26. The molecule has 0 unspecified atom stereocenters. The minimum absolute atomic E-state index is 0.0579. The Balaban J connectivity index is 1.38. The summed E-state index contributed by atoms with van der Waals surface area (Å²) in [6, 6.07) is 6.60. The summed E-state index contributed by atoms with van der Waals surface area (Å²) >= 11 is 0. The van der Waals surface area contributed by atoms with Gasteiger partial charge in [-0.15, -0.1) is 0 Å². The zero-order valence-corrected chi connectivity index (χ0v) is 20.7. The van der Waals surface area contributed by atoms with Crippen LogP contribution in [0.5, 0.6) is 0 Å². The number of carbonyl (C=O) groups excluding carboxylic acids is 2. The average Bonchev–Trinajstić information content (AvgIpc) is 3.62. The molecule has 2 aromatic rings. The molecular weight excluding hydrogens is 451 g/mol. The maximum Gasteiger partial charge on any atom is 0.410 e. The highest BCUT2D eigenvalue weighted by Gasteiger charge is 2.46. The van der Waals surface area contributed by atoms with Gasteiger partial charge in [-0.05, 0) is 63.6 Å². The number of nitrogens with zero attached hydrogens (tertiary/aromatic N) is 4. The predicted octanol–water partition coefficient (Wildman–Crippen LogP) is 4.41. The van der Waals surface area contributed by atoms with Crippen molar-refractivity contribution in [3.63, 3.8) is 0 Å². The Hall–Kier alpha value is -3.23. The third-order valence-electron chi connectivity index (χ3n) is 6.49. The largest absolute Gasteiger partial charge is 0.465 e. The summed E-state index contributed by atoms with van der Waals surface area (Å²) in [6.45, 7) is 7.76. The third-order valence-corrected chi connectivity index (χ3v) is 6.49. The number of hydrogen-bond acceptors (Lipinski definition) is 7. The van der Waals surface area contributed by atoms with Crippen LogP contribution in [0.15, 0.2) is 36.7 Å². The summed E-state index contributed by atoms with van der Waals surface area (Å²) in [7, 11) is 1.32. The molecule has 0 spiro atoms. The number of aromatic nitrogens is 2. The fraction of sp³-hybridized carbons (Fsp3) is 0.538. The van der Waals surface area contributed by atoms with Crippen molar-refractivity contribution < 1.29 is 23.5 Å². The first-order valence-corrected chi connectivity index (χ1v) is 12.0. The van der Waals surface area contributed by atoms with E-state index in [1.54, 1.807) is 12.1 Å². The Bertz CT molecular complexity index is 1030. The van der Waals surface area contributed by atoms with Crippen LogP contribution in [0, 0.1) is 11.7 Å². The van der Waals surface area contributed by atoms with Crippen LogP contribution in [0.25, 0.3) is 0 Å². The topological polar surface area (TPSA) is 84.9 Å². The van der Waals surface area contributed by atoms with Crippen LogP contribution in [0.1, 0.15) is 61.9 Å². The second-order valence-corrected chi connectivity index (χ2v) is 10.3. The van der Waals surface area contributed by atoms with Gasteiger partial charge in [-0.3, -0.25) is 0 Å². The van der Waals surface area contributed by atoms with Gasteiger partial charge >= 0.3 is 12.1 Å². The van der Waals surface area contributed by atoms with Crippen LogP contribution in [-0.4, -0.2) is 65.3 Å². The van der Waals surface area contributed by atoms with E-state index >= 15 is 0 Å². The van der Waals surface area contributed by atoms with E-state index in [1.807, 2.05) is 25.7 Å². The van der Waals surface area contributed by atoms with Gasteiger partial charge in [0.2, 0.25) is 5.95 Å². The van der Waals surface area contributed by atoms with E-state index in [9.17, 15) is 14.0 Å². The molecule has 4 rings (SSSR count). The summed E-state index contributed by atoms with van der Waals surface area (Å²) in [5.74, 6) is 0.383. The van der Waals surface area contributed by atoms with Crippen LogP contribution in [-0.2, 0) is 9.47 Å². The molecule has 1 amide bonds. The highest BCUT2D eigenvalue weighted by atomic mass is 19.1. The minimum atomic E-state index is -0.577. The Kier molecular flexibility index (Phi) is 7.23. The van der Waals surface area contributed by atoms with E-state index in [4.69, 9.17) is 9.47 Å². The molecule has 9 heteroatoms. The molecule has 1 saturated carbocycles. The number of halogens is 1. The number of benzene rings is 1. The van der Waals surface area contributed by atoms with Crippen LogP contribution < -0.4 is 4.90 Å². The molecule has 188 valence electrons. The highest BCUT2D eigenvalue weighted by molar-refractivity contribution is 5.88. The van der Waals surface area contributed by atoms with E-state index in [0.29, 0.717) is 24.0 Å². The first kappa shape index (κ1) is 24.9. The highest BCUT2D eigenvalue weighted by Crippen LogP contribution is 2.45. The quantitative estimate of drug-likeness (QED) is 0.562. The van der Waals surface area contributed by atoms with Crippen molar-refractivity contribution in [2.75, 3.05) is 31.6 Å². The molecular formula is C26H33FN4O4. The Morgan fingerprint density at radius 3 is 2.31 bits per heavy atom. The van der Waals surface area contributed by atoms with E-state index < -0.39 is 11.6 Å². The molecule has 1 aromatic heterocycles. The number of methoxy groups -OCH3 is 1. The van der Waals surface area contributed by atoms with Crippen molar-refractivity contribution in [3.8, 4) is 0 Å². The van der Waals surface area contributed by atoms with Crippen LogP contribution >= 0.6 is 0 Å². The molecule has 0 bridgehead atoms. The number of piperidine rings is 1.